The zero-order valence-corrected chi connectivity index (χ0v) is 17.3. The molecule has 0 radical (unpaired) electrons. The van der Waals surface area contributed by atoms with Crippen molar-refractivity contribution in [1.82, 2.24) is 31.9 Å². The van der Waals surface area contributed by atoms with E-state index in [0.29, 0.717) is 24.4 Å². The maximum atomic E-state index is 11.3. The number of nitrogens with zero attached hydrogens (tertiary/aromatic N) is 1. The fraction of sp³-hybridized carbons (Fsp3) is 0.947. The Morgan fingerprint density at radius 1 is 1.21 bits per heavy atom. The van der Waals surface area contributed by atoms with Crippen molar-refractivity contribution >= 4 is 5.97 Å². The highest BCUT2D eigenvalue weighted by Crippen LogP contribution is 2.35. The Balaban J connectivity index is 1.21. The number of hydrogen-bond donors (Lipinski definition) is 7. The van der Waals surface area contributed by atoms with Gasteiger partial charge in [-0.25, -0.2) is 10.4 Å². The van der Waals surface area contributed by atoms with Crippen LogP contribution in [0.25, 0.3) is 0 Å². The monoisotopic (exact) mass is 411 g/mol. The summed E-state index contributed by atoms with van der Waals surface area (Å²) in [5, 5.41) is 22.3. The van der Waals surface area contributed by atoms with Gasteiger partial charge in [0.2, 0.25) is 0 Å². The lowest BCUT2D eigenvalue weighted by Gasteiger charge is -2.36. The summed E-state index contributed by atoms with van der Waals surface area (Å²) in [4.78, 5) is 11.3. The Hall–Kier alpha value is -0.850. The quantitative estimate of drug-likeness (QED) is 0.262. The normalized spacial score (nSPS) is 44.1. The summed E-state index contributed by atoms with van der Waals surface area (Å²) >= 11 is 0. The van der Waals surface area contributed by atoms with Gasteiger partial charge in [-0.2, -0.15) is 5.53 Å². The number of β-amino-alcohol motifs (C(OH)–C–C–N with tert-alkyl or cyclic N) is 1. The molecular weight excluding hydrogens is 374 g/mol. The summed E-state index contributed by atoms with van der Waals surface area (Å²) in [6, 6.07) is 0.511. The van der Waals surface area contributed by atoms with Crippen molar-refractivity contribution in [2.75, 3.05) is 19.6 Å². The van der Waals surface area contributed by atoms with Gasteiger partial charge in [-0.3, -0.25) is 15.4 Å². The fourth-order valence-corrected chi connectivity index (χ4v) is 5.44. The Morgan fingerprint density at radius 3 is 2.72 bits per heavy atom. The van der Waals surface area contributed by atoms with Gasteiger partial charge >= 0.3 is 5.97 Å². The summed E-state index contributed by atoms with van der Waals surface area (Å²) in [5.41, 5.74) is 12.8. The minimum absolute atomic E-state index is 0.0624. The van der Waals surface area contributed by atoms with Crippen LogP contribution in [0.1, 0.15) is 45.4 Å². The van der Waals surface area contributed by atoms with E-state index in [1.807, 2.05) is 0 Å². The number of esters is 1. The maximum Gasteiger partial charge on any atom is 0.303 e. The Labute approximate surface area is 172 Å². The second kappa shape index (κ2) is 9.52. The van der Waals surface area contributed by atoms with E-state index in [4.69, 9.17) is 10.5 Å². The molecule has 0 aromatic heterocycles. The van der Waals surface area contributed by atoms with E-state index in [9.17, 15) is 9.90 Å². The molecule has 4 aliphatic rings. The van der Waals surface area contributed by atoms with Crippen molar-refractivity contribution in [2.45, 2.75) is 82.2 Å². The number of hydrazine groups is 2. The summed E-state index contributed by atoms with van der Waals surface area (Å²) in [7, 11) is 0. The lowest BCUT2D eigenvalue weighted by molar-refractivity contribution is -0.151. The lowest BCUT2D eigenvalue weighted by atomic mass is 9.76. The molecule has 0 bridgehead atoms. The highest BCUT2D eigenvalue weighted by atomic mass is 16.6. The Bertz CT molecular complexity index is 560. The van der Waals surface area contributed by atoms with Crippen LogP contribution in [0.2, 0.25) is 0 Å². The van der Waals surface area contributed by atoms with Gasteiger partial charge in [0, 0.05) is 38.6 Å². The van der Waals surface area contributed by atoms with E-state index in [1.165, 1.54) is 32.6 Å². The van der Waals surface area contributed by atoms with Gasteiger partial charge in [0.25, 0.3) is 0 Å². The van der Waals surface area contributed by atoms with Crippen LogP contribution in [-0.4, -0.2) is 72.5 Å². The maximum absolute atomic E-state index is 11.3. The molecule has 1 aliphatic carbocycles. The number of carbonyl (C=O) groups is 1. The van der Waals surface area contributed by atoms with Crippen molar-refractivity contribution in [3.63, 3.8) is 0 Å². The fourth-order valence-electron chi connectivity index (χ4n) is 5.44. The first-order valence-corrected chi connectivity index (χ1v) is 11.1. The average molecular weight is 412 g/mol. The van der Waals surface area contributed by atoms with E-state index >= 15 is 0 Å². The van der Waals surface area contributed by atoms with Crippen molar-refractivity contribution < 1.29 is 14.6 Å². The summed E-state index contributed by atoms with van der Waals surface area (Å²) in [5.74, 6) is 0.951. The predicted octanol–water partition coefficient (Wildman–Crippen LogP) is -1.71. The summed E-state index contributed by atoms with van der Waals surface area (Å²) in [6.07, 6.45) is 5.82. The van der Waals surface area contributed by atoms with Crippen LogP contribution >= 0.6 is 0 Å². The van der Waals surface area contributed by atoms with Gasteiger partial charge in [-0.05, 0) is 37.5 Å². The van der Waals surface area contributed by atoms with Crippen molar-refractivity contribution in [3.8, 4) is 0 Å². The third-order valence-corrected chi connectivity index (χ3v) is 7.03. The first-order chi connectivity index (χ1) is 14.0. The number of nitrogens with one attached hydrogen (secondary N) is 5. The number of carbonyl (C=O) groups excluding carboxylic acids is 1. The number of aliphatic hydroxyl groups is 1. The van der Waals surface area contributed by atoms with Crippen molar-refractivity contribution in [3.05, 3.63) is 0 Å². The second-order valence-corrected chi connectivity index (χ2v) is 9.09. The number of rotatable bonds is 5. The molecule has 0 aromatic carbocycles. The molecule has 3 aliphatic heterocycles. The third-order valence-electron chi connectivity index (χ3n) is 7.03. The topological polar surface area (TPSA) is 136 Å². The SMILES string of the molecule is CC(=O)O[C@@H]1[C@@H](O)CN[C@@H]1CC1CCC(C2CN(C3CCNC(N)N3)NN2)CC1. The van der Waals surface area contributed by atoms with E-state index in [-0.39, 0.29) is 24.5 Å². The predicted molar refractivity (Wildman–Crippen MR) is 108 cm³/mol. The Morgan fingerprint density at radius 2 is 2.00 bits per heavy atom. The number of nitrogens with two attached hydrogens (primary N) is 1. The molecule has 10 nitrogen and oxygen atoms in total. The highest BCUT2D eigenvalue weighted by molar-refractivity contribution is 5.66. The molecule has 0 aromatic rings. The second-order valence-electron chi connectivity index (χ2n) is 9.09. The van der Waals surface area contributed by atoms with Crippen LogP contribution in [0.3, 0.4) is 0 Å². The van der Waals surface area contributed by atoms with Crippen LogP contribution < -0.4 is 32.6 Å². The first-order valence-electron chi connectivity index (χ1n) is 11.1. The molecule has 6 atom stereocenters. The standard InChI is InChI=1S/C19H37N7O3/c1-11(27)29-18-14(22-9-16(18)28)8-12-2-4-13(5-3-12)15-10-26(25-24-15)17-6-7-21-19(20)23-17/h12-19,21-25,28H,2-10,20H2,1H3/t12?,13?,14-,15?,16+,17?,18+,19?/m1/s1. The van der Waals surface area contributed by atoms with E-state index < -0.39 is 12.2 Å². The molecular formula is C19H37N7O3. The molecule has 3 saturated heterocycles. The zero-order valence-electron chi connectivity index (χ0n) is 17.3. The van der Waals surface area contributed by atoms with Crippen LogP contribution in [0, 0.1) is 11.8 Å². The zero-order chi connectivity index (χ0) is 20.4. The van der Waals surface area contributed by atoms with Crippen LogP contribution in [0.5, 0.6) is 0 Å². The number of hydrogen-bond acceptors (Lipinski definition) is 10. The number of aliphatic hydroxyl groups excluding tert-OH is 1. The molecule has 3 unspecified atom stereocenters. The van der Waals surface area contributed by atoms with Crippen LogP contribution in [0.4, 0.5) is 0 Å². The third kappa shape index (κ3) is 5.26. The van der Waals surface area contributed by atoms with E-state index in [1.54, 1.807) is 0 Å². The van der Waals surface area contributed by atoms with Gasteiger partial charge < -0.3 is 20.9 Å². The molecule has 4 fully saturated rings. The van der Waals surface area contributed by atoms with Crippen LogP contribution in [-0.2, 0) is 9.53 Å². The van der Waals surface area contributed by atoms with E-state index in [2.05, 4.69) is 31.9 Å². The lowest BCUT2D eigenvalue weighted by Crippen LogP contribution is -2.64. The van der Waals surface area contributed by atoms with Gasteiger partial charge in [0.05, 0.1) is 6.17 Å². The molecule has 166 valence electrons. The molecule has 1 saturated carbocycles. The van der Waals surface area contributed by atoms with Crippen molar-refractivity contribution in [2.24, 2.45) is 17.6 Å². The molecule has 29 heavy (non-hydrogen) atoms. The minimum atomic E-state index is -0.600. The molecule has 3 heterocycles. The molecule has 4 rings (SSSR count). The van der Waals surface area contributed by atoms with Gasteiger partial charge in [0.15, 0.2) is 0 Å². The molecule has 0 amide bonds. The largest absolute Gasteiger partial charge is 0.458 e. The van der Waals surface area contributed by atoms with Crippen LogP contribution in [0.15, 0.2) is 0 Å². The summed E-state index contributed by atoms with van der Waals surface area (Å²) in [6.45, 7) is 3.81. The first kappa shape index (κ1) is 21.4. The molecule has 8 N–H and O–H groups in total. The molecule has 0 spiro atoms. The number of ether oxygens (including phenoxy) is 1. The van der Waals surface area contributed by atoms with Crippen molar-refractivity contribution in [1.29, 1.82) is 0 Å². The summed E-state index contributed by atoms with van der Waals surface area (Å²) < 4.78 is 5.36. The average Bonchev–Trinajstić information content (AvgIpc) is 3.31. The Kier molecular flexibility index (Phi) is 7.02. The van der Waals surface area contributed by atoms with E-state index in [0.717, 1.165) is 25.9 Å². The van der Waals surface area contributed by atoms with Gasteiger partial charge in [-0.15, -0.1) is 0 Å². The molecule has 10 heteroatoms. The van der Waals surface area contributed by atoms with Gasteiger partial charge in [-0.1, -0.05) is 12.8 Å². The minimum Gasteiger partial charge on any atom is -0.458 e. The smallest absolute Gasteiger partial charge is 0.303 e. The highest BCUT2D eigenvalue weighted by Gasteiger charge is 2.40. The van der Waals surface area contributed by atoms with Gasteiger partial charge in [0.1, 0.15) is 18.5 Å².